The first-order valence-corrected chi connectivity index (χ1v) is 7.30. The molecule has 7 heteroatoms. The second kappa shape index (κ2) is 6.62. The monoisotopic (exact) mass is 295 g/mol. The number of aliphatic hydroxyl groups is 1. The van der Waals surface area contributed by atoms with Gasteiger partial charge in [-0.2, -0.15) is 0 Å². The third-order valence-corrected chi connectivity index (χ3v) is 3.63. The van der Waals surface area contributed by atoms with Crippen LogP contribution in [-0.2, 0) is 11.3 Å². The molecule has 20 heavy (non-hydrogen) atoms. The van der Waals surface area contributed by atoms with Gasteiger partial charge in [-0.15, -0.1) is 16.4 Å². The number of hydrogen-bond donors (Lipinski definition) is 1. The van der Waals surface area contributed by atoms with Crippen LogP contribution < -0.4 is 0 Å². The van der Waals surface area contributed by atoms with Crippen LogP contribution in [-0.4, -0.2) is 39.3 Å². The van der Waals surface area contributed by atoms with E-state index in [4.69, 9.17) is 9.84 Å². The molecule has 0 aliphatic carbocycles. The highest BCUT2D eigenvalue weighted by Crippen LogP contribution is 2.28. The minimum absolute atomic E-state index is 0.0328. The van der Waals surface area contributed by atoms with Crippen molar-refractivity contribution in [1.29, 1.82) is 0 Å². The summed E-state index contributed by atoms with van der Waals surface area (Å²) in [6.07, 6.45) is 0. The third-order valence-electron chi connectivity index (χ3n) is 2.75. The van der Waals surface area contributed by atoms with E-state index in [1.54, 1.807) is 11.6 Å². The Morgan fingerprint density at radius 3 is 3.00 bits per heavy atom. The van der Waals surface area contributed by atoms with Crippen molar-refractivity contribution in [2.24, 2.45) is 5.92 Å². The van der Waals surface area contributed by atoms with E-state index in [-0.39, 0.29) is 18.2 Å². The summed E-state index contributed by atoms with van der Waals surface area (Å²) in [5.41, 5.74) is 0.873. The number of rotatable bonds is 6. The van der Waals surface area contributed by atoms with Gasteiger partial charge in [-0.1, -0.05) is 18.2 Å². The normalized spacial score (nSPS) is 12.3. The van der Waals surface area contributed by atoms with E-state index in [0.29, 0.717) is 18.8 Å². The first kappa shape index (κ1) is 14.7. The van der Waals surface area contributed by atoms with Gasteiger partial charge in [0.15, 0.2) is 5.69 Å². The van der Waals surface area contributed by atoms with Crippen molar-refractivity contribution in [3.05, 3.63) is 23.2 Å². The van der Waals surface area contributed by atoms with Crippen LogP contribution >= 0.6 is 11.3 Å². The molecule has 2 aromatic rings. The maximum absolute atomic E-state index is 11.9. The van der Waals surface area contributed by atoms with E-state index in [1.807, 2.05) is 24.4 Å². The van der Waals surface area contributed by atoms with E-state index in [2.05, 4.69) is 10.3 Å². The fourth-order valence-electron chi connectivity index (χ4n) is 1.79. The lowest BCUT2D eigenvalue weighted by Crippen LogP contribution is -2.14. The van der Waals surface area contributed by atoms with Crippen LogP contribution in [0.4, 0.5) is 0 Å². The molecule has 2 rings (SSSR count). The van der Waals surface area contributed by atoms with Crippen molar-refractivity contribution in [1.82, 2.24) is 15.0 Å². The molecule has 6 nitrogen and oxygen atoms in total. The Morgan fingerprint density at radius 1 is 1.60 bits per heavy atom. The van der Waals surface area contributed by atoms with Gasteiger partial charge >= 0.3 is 5.97 Å². The van der Waals surface area contributed by atoms with Crippen LogP contribution in [0.5, 0.6) is 0 Å². The number of carbonyl (C=O) groups is 1. The SMILES string of the molecule is CCOC(=O)c1nnn(CC(C)CO)c1-c1cccs1. The van der Waals surface area contributed by atoms with Crippen molar-refractivity contribution in [3.63, 3.8) is 0 Å². The quantitative estimate of drug-likeness (QED) is 0.822. The molecule has 0 amide bonds. The number of esters is 1. The highest BCUT2D eigenvalue weighted by molar-refractivity contribution is 7.13. The molecule has 0 aliphatic rings. The van der Waals surface area contributed by atoms with Crippen LogP contribution in [0.15, 0.2) is 17.5 Å². The van der Waals surface area contributed by atoms with Crippen LogP contribution in [0.1, 0.15) is 24.3 Å². The van der Waals surface area contributed by atoms with Crippen molar-refractivity contribution in [2.45, 2.75) is 20.4 Å². The number of ether oxygens (including phenoxy) is 1. The number of carbonyl (C=O) groups excluding carboxylic acids is 1. The predicted molar refractivity (Wildman–Crippen MR) is 75.5 cm³/mol. The van der Waals surface area contributed by atoms with Gasteiger partial charge in [0.25, 0.3) is 0 Å². The fourth-order valence-corrected chi connectivity index (χ4v) is 2.56. The van der Waals surface area contributed by atoms with Crippen molar-refractivity contribution < 1.29 is 14.6 Å². The highest BCUT2D eigenvalue weighted by Gasteiger charge is 2.23. The lowest BCUT2D eigenvalue weighted by atomic mass is 10.2. The molecule has 0 saturated carbocycles. The maximum atomic E-state index is 11.9. The van der Waals surface area contributed by atoms with Gasteiger partial charge in [0, 0.05) is 13.2 Å². The zero-order valence-electron chi connectivity index (χ0n) is 11.4. The van der Waals surface area contributed by atoms with E-state index < -0.39 is 5.97 Å². The molecule has 0 aliphatic heterocycles. The number of hydrogen-bond acceptors (Lipinski definition) is 6. The van der Waals surface area contributed by atoms with Gasteiger partial charge < -0.3 is 9.84 Å². The second-order valence-corrected chi connectivity index (χ2v) is 5.40. The summed E-state index contributed by atoms with van der Waals surface area (Å²) in [6, 6.07) is 3.81. The fraction of sp³-hybridized carbons (Fsp3) is 0.462. The van der Waals surface area contributed by atoms with Crippen molar-refractivity contribution >= 4 is 17.3 Å². The Labute approximate surface area is 121 Å². The molecule has 1 N–H and O–H groups in total. The molecule has 2 heterocycles. The Kier molecular flexibility index (Phi) is 4.86. The molecule has 0 spiro atoms. The molecule has 0 saturated heterocycles. The van der Waals surface area contributed by atoms with Crippen molar-refractivity contribution in [2.75, 3.05) is 13.2 Å². The highest BCUT2D eigenvalue weighted by atomic mass is 32.1. The summed E-state index contributed by atoms with van der Waals surface area (Å²) in [5.74, 6) is -0.441. The summed E-state index contributed by atoms with van der Waals surface area (Å²) < 4.78 is 6.66. The summed E-state index contributed by atoms with van der Waals surface area (Å²) in [6.45, 7) is 4.50. The molecule has 0 bridgehead atoms. The van der Waals surface area contributed by atoms with Crippen LogP contribution in [0.25, 0.3) is 10.6 Å². The number of aromatic nitrogens is 3. The van der Waals surface area contributed by atoms with E-state index >= 15 is 0 Å². The maximum Gasteiger partial charge on any atom is 0.361 e. The lowest BCUT2D eigenvalue weighted by Gasteiger charge is -2.10. The first-order chi connectivity index (χ1) is 9.67. The lowest BCUT2D eigenvalue weighted by molar-refractivity contribution is 0.0520. The summed E-state index contributed by atoms with van der Waals surface area (Å²) in [5, 5.41) is 19.1. The van der Waals surface area contributed by atoms with Gasteiger partial charge in [-0.3, -0.25) is 0 Å². The Morgan fingerprint density at radius 2 is 2.40 bits per heavy atom. The van der Waals surface area contributed by atoms with Crippen molar-refractivity contribution in [3.8, 4) is 10.6 Å². The van der Waals surface area contributed by atoms with Crippen LogP contribution in [0, 0.1) is 5.92 Å². The molecule has 108 valence electrons. The van der Waals surface area contributed by atoms with Gasteiger partial charge in [-0.05, 0) is 24.3 Å². The standard InChI is InChI=1S/C13H17N3O3S/c1-3-19-13(18)11-12(10-5-4-6-20-10)16(15-14-11)7-9(2)8-17/h4-6,9,17H,3,7-8H2,1-2H3. The molecule has 0 fully saturated rings. The molecule has 1 atom stereocenters. The minimum Gasteiger partial charge on any atom is -0.461 e. The average molecular weight is 295 g/mol. The van der Waals surface area contributed by atoms with Gasteiger partial charge in [0.2, 0.25) is 0 Å². The molecular weight excluding hydrogens is 278 g/mol. The second-order valence-electron chi connectivity index (χ2n) is 4.45. The molecule has 1 unspecified atom stereocenters. The number of nitrogens with zero attached hydrogens (tertiary/aromatic N) is 3. The predicted octanol–water partition coefficient (Wildman–Crippen LogP) is 1.81. The van der Waals surface area contributed by atoms with Gasteiger partial charge in [-0.25, -0.2) is 9.48 Å². The topological polar surface area (TPSA) is 77.2 Å². The Hall–Kier alpha value is -1.73. The van der Waals surface area contributed by atoms with Gasteiger partial charge in [0.05, 0.1) is 11.5 Å². The van der Waals surface area contributed by atoms with E-state index in [9.17, 15) is 4.79 Å². The Balaban J connectivity index is 2.41. The largest absolute Gasteiger partial charge is 0.461 e. The number of aliphatic hydroxyl groups excluding tert-OH is 1. The molecule has 0 aromatic carbocycles. The average Bonchev–Trinajstić information content (AvgIpc) is 3.07. The number of thiophene rings is 1. The summed E-state index contributed by atoms with van der Waals surface area (Å²) in [4.78, 5) is 12.9. The van der Waals surface area contributed by atoms with Gasteiger partial charge in [0.1, 0.15) is 5.69 Å². The third kappa shape index (κ3) is 3.05. The van der Waals surface area contributed by atoms with Crippen LogP contribution in [0.2, 0.25) is 0 Å². The first-order valence-electron chi connectivity index (χ1n) is 6.42. The minimum atomic E-state index is -0.473. The summed E-state index contributed by atoms with van der Waals surface area (Å²) >= 11 is 1.51. The molecule has 0 radical (unpaired) electrons. The Bertz CT molecular complexity index is 565. The molecular formula is C13H17N3O3S. The zero-order valence-corrected chi connectivity index (χ0v) is 12.3. The van der Waals surface area contributed by atoms with E-state index in [0.717, 1.165) is 4.88 Å². The van der Waals surface area contributed by atoms with Crippen LogP contribution in [0.3, 0.4) is 0 Å². The van der Waals surface area contributed by atoms with E-state index in [1.165, 1.54) is 11.3 Å². The molecule has 2 aromatic heterocycles. The summed E-state index contributed by atoms with van der Waals surface area (Å²) in [7, 11) is 0. The smallest absolute Gasteiger partial charge is 0.361 e. The zero-order chi connectivity index (χ0) is 14.5.